The number of carbonyl (C=O) groups excluding carboxylic acids is 2. The summed E-state index contributed by atoms with van der Waals surface area (Å²) in [6.07, 6.45) is 1.92. The number of β-amino-alcohol motifs (C(OH)–C–C–N with tert-alkyl or cyclic N) is 1. The molecule has 1 aromatic carbocycles. The average Bonchev–Trinajstić information content (AvgIpc) is 3.18. The Kier molecular flexibility index (Phi) is 6.38. The van der Waals surface area contributed by atoms with Gasteiger partial charge in [0.2, 0.25) is 5.91 Å². The molecule has 1 aliphatic rings. The zero-order chi connectivity index (χ0) is 23.5. The van der Waals surface area contributed by atoms with Gasteiger partial charge in [-0.15, -0.1) is 0 Å². The van der Waals surface area contributed by atoms with Crippen LogP contribution in [0.25, 0.3) is 5.69 Å². The van der Waals surface area contributed by atoms with Gasteiger partial charge in [0, 0.05) is 37.1 Å². The van der Waals surface area contributed by atoms with Gasteiger partial charge in [-0.2, -0.15) is 0 Å². The number of carbonyl (C=O) groups is 2. The van der Waals surface area contributed by atoms with Crippen molar-refractivity contribution in [3.8, 4) is 5.69 Å². The molecule has 1 aliphatic heterocycles. The summed E-state index contributed by atoms with van der Waals surface area (Å²) in [5.41, 5.74) is -0.220. The number of likely N-dealkylation sites (tertiary alicyclic amines) is 1. The molecule has 2 aromatic heterocycles. The molecule has 3 aromatic rings. The number of nitrogens with one attached hydrogen (secondary N) is 2. The van der Waals surface area contributed by atoms with Gasteiger partial charge in [0.1, 0.15) is 17.7 Å². The van der Waals surface area contributed by atoms with Crippen molar-refractivity contribution in [2.75, 3.05) is 17.2 Å². The maximum Gasteiger partial charge on any atom is 0.323 e. The van der Waals surface area contributed by atoms with E-state index in [1.165, 1.54) is 41.6 Å². The van der Waals surface area contributed by atoms with Gasteiger partial charge in [-0.3, -0.25) is 19.5 Å². The topological polar surface area (TPSA) is 117 Å². The first kappa shape index (κ1) is 22.4. The lowest BCUT2D eigenvalue weighted by atomic mass is 10.1. The van der Waals surface area contributed by atoms with Gasteiger partial charge < -0.3 is 15.3 Å². The Bertz CT molecular complexity index is 1250. The van der Waals surface area contributed by atoms with E-state index in [1.54, 1.807) is 18.2 Å². The Balaban J connectivity index is 1.48. The lowest BCUT2D eigenvalue weighted by molar-refractivity contribution is -0.119. The molecule has 3 amide bonds. The van der Waals surface area contributed by atoms with Crippen LogP contribution in [0.2, 0.25) is 5.02 Å². The van der Waals surface area contributed by atoms with Crippen LogP contribution >= 0.6 is 11.6 Å². The number of hydrogen-bond donors (Lipinski definition) is 3. The first-order valence-electron chi connectivity index (χ1n) is 9.97. The number of urea groups is 1. The van der Waals surface area contributed by atoms with E-state index >= 15 is 0 Å². The summed E-state index contributed by atoms with van der Waals surface area (Å²) in [4.78, 5) is 42.6. The van der Waals surface area contributed by atoms with Crippen molar-refractivity contribution in [2.45, 2.75) is 18.6 Å². The third-order valence-corrected chi connectivity index (χ3v) is 5.33. The minimum absolute atomic E-state index is 0.0211. The molecular weight excluding hydrogens is 453 g/mol. The van der Waals surface area contributed by atoms with Gasteiger partial charge >= 0.3 is 6.03 Å². The fourth-order valence-electron chi connectivity index (χ4n) is 3.55. The van der Waals surface area contributed by atoms with Gasteiger partial charge in [-0.1, -0.05) is 17.7 Å². The number of rotatable bonds is 4. The highest BCUT2D eigenvalue weighted by Crippen LogP contribution is 2.23. The summed E-state index contributed by atoms with van der Waals surface area (Å²) in [6.45, 7) is -0.0538. The number of amides is 3. The Hall–Kier alpha value is -3.76. The molecule has 0 spiro atoms. The molecule has 1 saturated heterocycles. The monoisotopic (exact) mass is 471 g/mol. The number of halogens is 2. The van der Waals surface area contributed by atoms with Gasteiger partial charge in [0.05, 0.1) is 16.8 Å². The summed E-state index contributed by atoms with van der Waals surface area (Å²) >= 11 is 5.78. The third-order valence-electron chi connectivity index (χ3n) is 5.10. The summed E-state index contributed by atoms with van der Waals surface area (Å²) in [7, 11) is 0. The quantitative estimate of drug-likeness (QED) is 0.541. The average molecular weight is 472 g/mol. The zero-order valence-corrected chi connectivity index (χ0v) is 17.9. The van der Waals surface area contributed by atoms with E-state index in [-0.39, 0.29) is 30.2 Å². The number of hydrogen-bond acceptors (Lipinski definition) is 5. The highest BCUT2D eigenvalue weighted by atomic mass is 35.5. The second kappa shape index (κ2) is 9.39. The van der Waals surface area contributed by atoms with E-state index in [0.29, 0.717) is 5.02 Å². The second-order valence-electron chi connectivity index (χ2n) is 7.41. The highest BCUT2D eigenvalue weighted by Gasteiger charge is 2.39. The zero-order valence-electron chi connectivity index (χ0n) is 17.1. The molecule has 4 rings (SSSR count). The fraction of sp³-hybridized carbons (Fsp3) is 0.182. The van der Waals surface area contributed by atoms with Crippen molar-refractivity contribution < 1.29 is 19.1 Å². The predicted octanol–water partition coefficient (Wildman–Crippen LogP) is 2.63. The molecule has 9 nitrogen and oxygen atoms in total. The van der Waals surface area contributed by atoms with E-state index in [1.807, 2.05) is 0 Å². The number of aromatic nitrogens is 2. The minimum atomic E-state index is -0.980. The smallest absolute Gasteiger partial charge is 0.323 e. The van der Waals surface area contributed by atoms with Crippen LogP contribution in [0, 0.1) is 5.82 Å². The SMILES string of the molecule is O=C(Nc1ccc(-n2ccccc2=O)c(F)c1)[C@H]1C[C@@H](O)CN1C(=O)Nc1ccc(Cl)cn1. The number of aliphatic hydroxyl groups is 1. The number of benzene rings is 1. The Morgan fingerprint density at radius 2 is 1.97 bits per heavy atom. The van der Waals surface area contributed by atoms with Gasteiger partial charge in [0.15, 0.2) is 0 Å². The van der Waals surface area contributed by atoms with Crippen LogP contribution in [0.3, 0.4) is 0 Å². The van der Waals surface area contributed by atoms with Crippen LogP contribution in [0.5, 0.6) is 0 Å². The lowest BCUT2D eigenvalue weighted by Gasteiger charge is -2.23. The third kappa shape index (κ3) is 5.02. The molecule has 0 radical (unpaired) electrons. The maximum absolute atomic E-state index is 14.6. The van der Waals surface area contributed by atoms with Gasteiger partial charge in [0.25, 0.3) is 5.56 Å². The van der Waals surface area contributed by atoms with Crippen molar-refractivity contribution in [1.82, 2.24) is 14.5 Å². The van der Waals surface area contributed by atoms with Crippen LogP contribution in [-0.2, 0) is 4.79 Å². The molecule has 0 saturated carbocycles. The molecular formula is C22H19ClFN5O4. The minimum Gasteiger partial charge on any atom is -0.391 e. The summed E-state index contributed by atoms with van der Waals surface area (Å²) in [5.74, 6) is -1.07. The molecule has 3 N–H and O–H groups in total. The van der Waals surface area contributed by atoms with E-state index in [2.05, 4.69) is 15.6 Å². The van der Waals surface area contributed by atoms with E-state index in [4.69, 9.17) is 11.6 Å². The normalized spacial score (nSPS) is 17.6. The second-order valence-corrected chi connectivity index (χ2v) is 7.85. The first-order chi connectivity index (χ1) is 15.8. The number of pyridine rings is 2. The summed E-state index contributed by atoms with van der Waals surface area (Å²) in [5, 5.41) is 15.6. The van der Waals surface area contributed by atoms with E-state index in [9.17, 15) is 23.9 Å². The van der Waals surface area contributed by atoms with Crippen molar-refractivity contribution >= 4 is 35.0 Å². The molecule has 11 heteroatoms. The molecule has 1 fully saturated rings. The van der Waals surface area contributed by atoms with Crippen molar-refractivity contribution in [3.63, 3.8) is 0 Å². The van der Waals surface area contributed by atoms with Crippen LogP contribution in [0.1, 0.15) is 6.42 Å². The summed E-state index contributed by atoms with van der Waals surface area (Å²) < 4.78 is 15.8. The number of anilines is 2. The molecule has 170 valence electrons. The first-order valence-corrected chi connectivity index (χ1v) is 10.4. The van der Waals surface area contributed by atoms with E-state index in [0.717, 1.165) is 10.6 Å². The number of aliphatic hydroxyl groups excluding tert-OH is 1. The van der Waals surface area contributed by atoms with Crippen molar-refractivity contribution in [1.29, 1.82) is 0 Å². The Morgan fingerprint density at radius 1 is 1.15 bits per heavy atom. The van der Waals surface area contributed by atoms with Crippen LogP contribution < -0.4 is 16.2 Å². The molecule has 0 unspecified atom stereocenters. The van der Waals surface area contributed by atoms with Crippen LogP contribution in [-0.4, -0.2) is 50.2 Å². The molecule has 0 aliphatic carbocycles. The van der Waals surface area contributed by atoms with Crippen molar-refractivity contribution in [3.05, 3.63) is 82.1 Å². The van der Waals surface area contributed by atoms with Crippen molar-refractivity contribution in [2.24, 2.45) is 0 Å². The highest BCUT2D eigenvalue weighted by molar-refractivity contribution is 6.30. The largest absolute Gasteiger partial charge is 0.391 e. The lowest BCUT2D eigenvalue weighted by Crippen LogP contribution is -2.45. The summed E-state index contributed by atoms with van der Waals surface area (Å²) in [6, 6.07) is 9.81. The van der Waals surface area contributed by atoms with E-state index < -0.39 is 35.5 Å². The van der Waals surface area contributed by atoms with Gasteiger partial charge in [-0.05, 0) is 36.4 Å². The Morgan fingerprint density at radius 3 is 2.67 bits per heavy atom. The molecule has 2 atom stereocenters. The van der Waals surface area contributed by atoms with Crippen LogP contribution in [0.15, 0.2) is 65.7 Å². The molecule has 0 bridgehead atoms. The fourth-order valence-corrected chi connectivity index (χ4v) is 3.66. The predicted molar refractivity (Wildman–Crippen MR) is 120 cm³/mol. The number of nitrogens with zero attached hydrogens (tertiary/aromatic N) is 3. The molecule has 33 heavy (non-hydrogen) atoms. The maximum atomic E-state index is 14.6. The van der Waals surface area contributed by atoms with Gasteiger partial charge in [-0.25, -0.2) is 14.2 Å². The Labute approximate surface area is 192 Å². The van der Waals surface area contributed by atoms with Crippen LogP contribution in [0.4, 0.5) is 20.7 Å². The molecule has 3 heterocycles. The standard InChI is InChI=1S/C22H19ClFN5O4/c23-13-4-7-19(25-11-13)27-22(33)29-12-15(30)10-18(29)21(32)26-14-5-6-17(16(24)9-14)28-8-2-1-3-20(28)31/h1-9,11,15,18,30H,10,12H2,(H,26,32)(H,25,27,33)/t15-,18-/m1/s1.